The summed E-state index contributed by atoms with van der Waals surface area (Å²) in [5.74, 6) is 1.80. The molecular formula is C20H23N2O2+. The van der Waals surface area contributed by atoms with Gasteiger partial charge in [-0.1, -0.05) is 30.3 Å². The highest BCUT2D eigenvalue weighted by atomic mass is 16.3. The first kappa shape index (κ1) is 16.3. The maximum atomic E-state index is 12.5. The van der Waals surface area contributed by atoms with Crippen LogP contribution in [-0.2, 0) is 11.3 Å². The minimum absolute atomic E-state index is 0.00561. The van der Waals surface area contributed by atoms with Crippen LogP contribution in [0.25, 0.3) is 10.8 Å². The predicted octanol–water partition coefficient (Wildman–Crippen LogP) is 2.78. The van der Waals surface area contributed by atoms with Crippen LogP contribution in [0.15, 0.2) is 59.0 Å². The molecule has 24 heavy (non-hydrogen) atoms. The molecule has 1 heterocycles. The van der Waals surface area contributed by atoms with Gasteiger partial charge in [-0.25, -0.2) is 0 Å². The number of quaternary nitrogens is 1. The second kappa shape index (κ2) is 6.89. The number of rotatable bonds is 5. The number of benzene rings is 2. The maximum Gasteiger partial charge on any atom is 0.282 e. The van der Waals surface area contributed by atoms with Crippen molar-refractivity contribution in [3.8, 4) is 0 Å². The number of nitrogens with one attached hydrogen (secondary N) is 2. The Labute approximate surface area is 142 Å². The number of aryl methyl sites for hydroxylation is 1. The van der Waals surface area contributed by atoms with Crippen LogP contribution in [-0.4, -0.2) is 19.0 Å². The minimum atomic E-state index is -0.179. The Kier molecular flexibility index (Phi) is 4.67. The number of carbonyl (C=O) groups is 1. The molecule has 0 bridgehead atoms. The average Bonchev–Trinajstić information content (AvgIpc) is 2.98. The van der Waals surface area contributed by atoms with Gasteiger partial charge in [0.1, 0.15) is 12.3 Å². The first-order chi connectivity index (χ1) is 11.5. The van der Waals surface area contributed by atoms with Crippen LogP contribution in [0.4, 0.5) is 5.69 Å². The number of fused-ring (bicyclic) bond motifs is 1. The zero-order valence-electron chi connectivity index (χ0n) is 14.3. The van der Waals surface area contributed by atoms with E-state index in [-0.39, 0.29) is 11.9 Å². The molecule has 2 N–H and O–H groups in total. The van der Waals surface area contributed by atoms with Gasteiger partial charge in [0.05, 0.1) is 7.05 Å². The van der Waals surface area contributed by atoms with Gasteiger partial charge in [-0.2, -0.15) is 0 Å². The molecule has 0 aliphatic carbocycles. The molecule has 1 aromatic heterocycles. The lowest BCUT2D eigenvalue weighted by molar-refractivity contribution is -0.908. The fourth-order valence-electron chi connectivity index (χ4n) is 2.75. The number of anilines is 1. The van der Waals surface area contributed by atoms with E-state index in [9.17, 15) is 4.79 Å². The van der Waals surface area contributed by atoms with Gasteiger partial charge in [0.25, 0.3) is 5.91 Å². The van der Waals surface area contributed by atoms with Crippen LogP contribution < -0.4 is 10.2 Å². The molecule has 0 radical (unpaired) electrons. The molecule has 0 fully saturated rings. The number of furan rings is 1. The van der Waals surface area contributed by atoms with Crippen LogP contribution in [0.2, 0.25) is 0 Å². The highest BCUT2D eigenvalue weighted by Gasteiger charge is 2.23. The third-order valence-electron chi connectivity index (χ3n) is 4.40. The molecule has 0 spiro atoms. The molecule has 0 aliphatic heterocycles. The summed E-state index contributed by atoms with van der Waals surface area (Å²) in [6, 6.07) is 17.8. The van der Waals surface area contributed by atoms with Gasteiger partial charge in [0, 0.05) is 5.69 Å². The fourth-order valence-corrected chi connectivity index (χ4v) is 2.75. The second-order valence-corrected chi connectivity index (χ2v) is 6.31. The van der Waals surface area contributed by atoms with Gasteiger partial charge in [-0.05, 0) is 48.9 Å². The highest BCUT2D eigenvalue weighted by Crippen LogP contribution is 2.18. The summed E-state index contributed by atoms with van der Waals surface area (Å²) in [5, 5.41) is 5.30. The van der Waals surface area contributed by atoms with E-state index in [4.69, 9.17) is 4.42 Å². The van der Waals surface area contributed by atoms with Gasteiger partial charge >= 0.3 is 0 Å². The lowest BCUT2D eigenvalue weighted by Crippen LogP contribution is -3.12. The Morgan fingerprint density at radius 3 is 2.58 bits per heavy atom. The number of amides is 1. The standard InChI is InChI=1S/C20H22N2O2/c1-14-8-11-19(24-14)13-22(3)15(2)20(23)21-18-10-9-16-6-4-5-7-17(16)12-18/h4-12,15H,13H2,1-3H3,(H,21,23)/p+1/t15-/m1/s1. The Balaban J connectivity index is 1.66. The van der Waals surface area contributed by atoms with E-state index in [1.807, 2.05) is 69.4 Å². The molecule has 1 unspecified atom stereocenters. The van der Waals surface area contributed by atoms with Gasteiger partial charge in [0.2, 0.25) is 0 Å². The van der Waals surface area contributed by atoms with Crippen molar-refractivity contribution in [1.29, 1.82) is 0 Å². The Morgan fingerprint density at radius 1 is 1.12 bits per heavy atom. The lowest BCUT2D eigenvalue weighted by Gasteiger charge is -2.20. The van der Waals surface area contributed by atoms with Crippen molar-refractivity contribution in [3.05, 3.63) is 66.1 Å². The number of hydrogen-bond donors (Lipinski definition) is 2. The second-order valence-electron chi connectivity index (χ2n) is 6.31. The summed E-state index contributed by atoms with van der Waals surface area (Å²) in [6.45, 7) is 4.54. The van der Waals surface area contributed by atoms with Crippen LogP contribution in [0.5, 0.6) is 0 Å². The normalized spacial score (nSPS) is 13.6. The predicted molar refractivity (Wildman–Crippen MR) is 96.1 cm³/mol. The average molecular weight is 323 g/mol. The van der Waals surface area contributed by atoms with Gasteiger partial charge in [-0.15, -0.1) is 0 Å². The molecule has 0 aliphatic rings. The number of carbonyl (C=O) groups excluding carboxylic acids is 1. The van der Waals surface area contributed by atoms with Crippen molar-refractivity contribution in [2.24, 2.45) is 0 Å². The molecule has 1 amide bonds. The van der Waals surface area contributed by atoms with Crippen molar-refractivity contribution >= 4 is 22.4 Å². The van der Waals surface area contributed by atoms with Crippen LogP contribution in [0, 0.1) is 6.92 Å². The topological polar surface area (TPSA) is 46.7 Å². The van der Waals surface area contributed by atoms with Gasteiger partial charge in [-0.3, -0.25) is 4.79 Å². The van der Waals surface area contributed by atoms with Gasteiger partial charge in [0.15, 0.2) is 11.8 Å². The Hall–Kier alpha value is -2.59. The Bertz CT molecular complexity index is 853. The van der Waals surface area contributed by atoms with Crippen molar-refractivity contribution in [2.75, 3.05) is 12.4 Å². The molecule has 2 aromatic carbocycles. The van der Waals surface area contributed by atoms with Crippen molar-refractivity contribution in [1.82, 2.24) is 0 Å². The van der Waals surface area contributed by atoms with E-state index in [0.29, 0.717) is 6.54 Å². The number of likely N-dealkylation sites (N-methyl/N-ethyl adjacent to an activating group) is 1. The van der Waals surface area contributed by atoms with E-state index in [0.717, 1.165) is 27.5 Å². The van der Waals surface area contributed by atoms with E-state index in [1.165, 1.54) is 5.39 Å². The molecule has 3 aromatic rings. The zero-order chi connectivity index (χ0) is 17.1. The summed E-state index contributed by atoms with van der Waals surface area (Å²) < 4.78 is 5.60. The fraction of sp³-hybridized carbons (Fsp3) is 0.250. The van der Waals surface area contributed by atoms with E-state index < -0.39 is 0 Å². The largest absolute Gasteiger partial charge is 0.460 e. The maximum absolute atomic E-state index is 12.5. The van der Waals surface area contributed by atoms with E-state index in [2.05, 4.69) is 11.4 Å². The SMILES string of the molecule is Cc1ccc(C[NH+](C)[C@H](C)C(=O)Nc2ccc3ccccc3c2)o1. The molecule has 0 saturated carbocycles. The summed E-state index contributed by atoms with van der Waals surface area (Å²) in [5.41, 5.74) is 0.826. The molecule has 4 heteroatoms. The van der Waals surface area contributed by atoms with Crippen LogP contribution in [0.3, 0.4) is 0 Å². The van der Waals surface area contributed by atoms with Crippen molar-refractivity contribution < 1.29 is 14.1 Å². The summed E-state index contributed by atoms with van der Waals surface area (Å²) in [7, 11) is 2.00. The molecule has 2 atom stereocenters. The van der Waals surface area contributed by atoms with E-state index >= 15 is 0 Å². The van der Waals surface area contributed by atoms with E-state index in [1.54, 1.807) is 0 Å². The minimum Gasteiger partial charge on any atom is -0.460 e. The molecule has 124 valence electrons. The summed E-state index contributed by atoms with van der Waals surface area (Å²) >= 11 is 0. The molecule has 3 rings (SSSR count). The van der Waals surface area contributed by atoms with Crippen LogP contribution >= 0.6 is 0 Å². The monoisotopic (exact) mass is 323 g/mol. The lowest BCUT2D eigenvalue weighted by atomic mass is 10.1. The summed E-state index contributed by atoms with van der Waals surface area (Å²) in [4.78, 5) is 13.6. The molecular weight excluding hydrogens is 300 g/mol. The highest BCUT2D eigenvalue weighted by molar-refractivity contribution is 5.96. The smallest absolute Gasteiger partial charge is 0.282 e. The summed E-state index contributed by atoms with van der Waals surface area (Å²) in [6.07, 6.45) is 0. The quantitative estimate of drug-likeness (QED) is 0.758. The van der Waals surface area contributed by atoms with Crippen LogP contribution in [0.1, 0.15) is 18.4 Å². The third kappa shape index (κ3) is 3.66. The van der Waals surface area contributed by atoms with Crippen molar-refractivity contribution in [2.45, 2.75) is 26.4 Å². The molecule has 0 saturated heterocycles. The zero-order valence-corrected chi connectivity index (χ0v) is 14.3. The first-order valence-electron chi connectivity index (χ1n) is 8.20. The van der Waals surface area contributed by atoms with Gasteiger partial charge < -0.3 is 14.6 Å². The number of hydrogen-bond acceptors (Lipinski definition) is 2. The first-order valence-corrected chi connectivity index (χ1v) is 8.20. The third-order valence-corrected chi connectivity index (χ3v) is 4.40. The van der Waals surface area contributed by atoms with Crippen molar-refractivity contribution in [3.63, 3.8) is 0 Å². The molecule has 4 nitrogen and oxygen atoms in total. The Morgan fingerprint density at radius 2 is 1.88 bits per heavy atom.